The van der Waals surface area contributed by atoms with Crippen LogP contribution in [0.25, 0.3) is 0 Å². The van der Waals surface area contributed by atoms with Crippen LogP contribution in [-0.4, -0.2) is 73.1 Å². The summed E-state index contributed by atoms with van der Waals surface area (Å²) in [6, 6.07) is 12.7. The molecular formula is C19H28N6. The minimum absolute atomic E-state index is 0.714. The third-order valence-electron chi connectivity index (χ3n) is 4.43. The smallest absolute Gasteiger partial charge is 0.224 e. The Balaban J connectivity index is 1.50. The zero-order chi connectivity index (χ0) is 17.5. The Morgan fingerprint density at radius 2 is 1.80 bits per heavy atom. The average molecular weight is 340 g/mol. The highest BCUT2D eigenvalue weighted by Gasteiger charge is 2.18. The minimum Gasteiger partial charge on any atom is -0.354 e. The van der Waals surface area contributed by atoms with E-state index in [9.17, 15) is 0 Å². The normalized spacial score (nSPS) is 15.6. The van der Waals surface area contributed by atoms with Crippen LogP contribution in [0.3, 0.4) is 0 Å². The summed E-state index contributed by atoms with van der Waals surface area (Å²) in [4.78, 5) is 16.0. The van der Waals surface area contributed by atoms with Crippen molar-refractivity contribution in [1.29, 1.82) is 0 Å². The first kappa shape index (κ1) is 17.6. The van der Waals surface area contributed by atoms with Crippen molar-refractivity contribution in [3.8, 4) is 0 Å². The first-order valence-electron chi connectivity index (χ1n) is 8.93. The van der Waals surface area contributed by atoms with E-state index in [1.807, 2.05) is 12.3 Å². The molecule has 1 aromatic carbocycles. The summed E-state index contributed by atoms with van der Waals surface area (Å²) in [5, 5.41) is 3.30. The lowest BCUT2D eigenvalue weighted by molar-refractivity contribution is 0.249. The molecular weight excluding hydrogens is 312 g/mol. The van der Waals surface area contributed by atoms with E-state index in [0.29, 0.717) is 5.95 Å². The van der Waals surface area contributed by atoms with Crippen LogP contribution < -0.4 is 10.2 Å². The highest BCUT2D eigenvalue weighted by molar-refractivity contribution is 5.43. The third kappa shape index (κ3) is 5.41. The van der Waals surface area contributed by atoms with E-state index in [4.69, 9.17) is 0 Å². The summed E-state index contributed by atoms with van der Waals surface area (Å²) >= 11 is 0. The highest BCUT2D eigenvalue weighted by Crippen LogP contribution is 2.16. The number of hydrogen-bond donors (Lipinski definition) is 1. The number of nitrogens with zero attached hydrogens (tertiary/aromatic N) is 5. The van der Waals surface area contributed by atoms with Crippen LogP contribution in [0, 0.1) is 0 Å². The molecule has 2 heterocycles. The molecule has 1 N–H and O–H groups in total. The summed E-state index contributed by atoms with van der Waals surface area (Å²) in [6.07, 6.45) is 1.84. The van der Waals surface area contributed by atoms with Gasteiger partial charge in [-0.3, -0.25) is 4.90 Å². The molecule has 0 bridgehead atoms. The van der Waals surface area contributed by atoms with Crippen LogP contribution >= 0.6 is 0 Å². The molecule has 0 radical (unpaired) electrons. The van der Waals surface area contributed by atoms with Crippen molar-refractivity contribution in [3.05, 3.63) is 48.2 Å². The fourth-order valence-corrected chi connectivity index (χ4v) is 2.98. The molecule has 3 rings (SSSR count). The monoisotopic (exact) mass is 340 g/mol. The lowest BCUT2D eigenvalue weighted by atomic mass is 10.2. The number of hydrogen-bond acceptors (Lipinski definition) is 6. The van der Waals surface area contributed by atoms with Gasteiger partial charge in [0.1, 0.15) is 5.82 Å². The second-order valence-corrected chi connectivity index (χ2v) is 6.72. The molecule has 1 aliphatic heterocycles. The molecule has 6 nitrogen and oxygen atoms in total. The van der Waals surface area contributed by atoms with Gasteiger partial charge < -0.3 is 15.1 Å². The number of piperazine rings is 1. The van der Waals surface area contributed by atoms with Gasteiger partial charge in [0.05, 0.1) is 0 Å². The highest BCUT2D eigenvalue weighted by atomic mass is 15.3. The largest absolute Gasteiger partial charge is 0.354 e. The molecule has 0 atom stereocenters. The average Bonchev–Trinajstić information content (AvgIpc) is 2.63. The van der Waals surface area contributed by atoms with Crippen LogP contribution in [0.5, 0.6) is 0 Å². The SMILES string of the molecule is CN(C)CCNc1nccc(N2CCN(Cc3ccccc3)CC2)n1. The Kier molecular flexibility index (Phi) is 6.19. The van der Waals surface area contributed by atoms with Crippen molar-refractivity contribution in [2.45, 2.75) is 6.54 Å². The Bertz CT molecular complexity index is 637. The number of nitrogens with one attached hydrogen (secondary N) is 1. The predicted molar refractivity (Wildman–Crippen MR) is 103 cm³/mol. The summed E-state index contributed by atoms with van der Waals surface area (Å²) in [5.41, 5.74) is 1.38. The lowest BCUT2D eigenvalue weighted by Gasteiger charge is -2.35. The van der Waals surface area contributed by atoms with E-state index in [1.54, 1.807) is 0 Å². The Morgan fingerprint density at radius 1 is 1.04 bits per heavy atom. The first-order valence-corrected chi connectivity index (χ1v) is 8.93. The van der Waals surface area contributed by atoms with Gasteiger partial charge in [-0.05, 0) is 25.7 Å². The molecule has 25 heavy (non-hydrogen) atoms. The fourth-order valence-electron chi connectivity index (χ4n) is 2.98. The maximum Gasteiger partial charge on any atom is 0.224 e. The van der Waals surface area contributed by atoms with Crippen LogP contribution in [0.15, 0.2) is 42.6 Å². The molecule has 1 aliphatic rings. The van der Waals surface area contributed by atoms with Gasteiger partial charge in [-0.25, -0.2) is 4.98 Å². The zero-order valence-electron chi connectivity index (χ0n) is 15.2. The van der Waals surface area contributed by atoms with Gasteiger partial charge in [0.25, 0.3) is 0 Å². The second kappa shape index (κ2) is 8.78. The quantitative estimate of drug-likeness (QED) is 0.829. The number of rotatable bonds is 7. The van der Waals surface area contributed by atoms with Crippen LogP contribution in [0.4, 0.5) is 11.8 Å². The molecule has 0 amide bonds. The summed E-state index contributed by atoms with van der Waals surface area (Å²) < 4.78 is 0. The fraction of sp³-hybridized carbons (Fsp3) is 0.474. The second-order valence-electron chi connectivity index (χ2n) is 6.72. The van der Waals surface area contributed by atoms with E-state index >= 15 is 0 Å². The van der Waals surface area contributed by atoms with Crippen molar-refractivity contribution < 1.29 is 0 Å². The van der Waals surface area contributed by atoms with Gasteiger partial charge in [-0.1, -0.05) is 30.3 Å². The van der Waals surface area contributed by atoms with Crippen LogP contribution in [-0.2, 0) is 6.54 Å². The Hall–Kier alpha value is -2.18. The van der Waals surface area contributed by atoms with Gasteiger partial charge in [-0.2, -0.15) is 4.98 Å². The molecule has 134 valence electrons. The van der Waals surface area contributed by atoms with Crippen LogP contribution in [0.1, 0.15) is 5.56 Å². The first-order chi connectivity index (χ1) is 12.2. The van der Waals surface area contributed by atoms with Gasteiger partial charge in [0.15, 0.2) is 0 Å². The van der Waals surface area contributed by atoms with Gasteiger partial charge in [-0.15, -0.1) is 0 Å². The van der Waals surface area contributed by atoms with Crippen molar-refractivity contribution in [1.82, 2.24) is 19.8 Å². The number of aromatic nitrogens is 2. The standard InChI is InChI=1S/C19H28N6/c1-23(2)11-10-21-19-20-9-8-18(22-19)25-14-12-24(13-15-25)16-17-6-4-3-5-7-17/h3-9H,10-16H2,1-2H3,(H,20,21,22). The topological polar surface area (TPSA) is 47.5 Å². The lowest BCUT2D eigenvalue weighted by Crippen LogP contribution is -2.46. The maximum atomic E-state index is 4.67. The van der Waals surface area contributed by atoms with E-state index in [-0.39, 0.29) is 0 Å². The van der Waals surface area contributed by atoms with Crippen molar-refractivity contribution >= 4 is 11.8 Å². The van der Waals surface area contributed by atoms with Crippen molar-refractivity contribution in [2.24, 2.45) is 0 Å². The summed E-state index contributed by atoms with van der Waals surface area (Å²) in [7, 11) is 4.13. The van der Waals surface area contributed by atoms with Gasteiger partial charge in [0.2, 0.25) is 5.95 Å². The zero-order valence-corrected chi connectivity index (χ0v) is 15.2. The molecule has 0 unspecified atom stereocenters. The number of benzene rings is 1. The molecule has 0 spiro atoms. The van der Waals surface area contributed by atoms with Crippen LogP contribution in [0.2, 0.25) is 0 Å². The van der Waals surface area contributed by atoms with E-state index in [2.05, 4.69) is 74.4 Å². The molecule has 6 heteroatoms. The summed E-state index contributed by atoms with van der Waals surface area (Å²) in [6.45, 7) is 6.95. The third-order valence-corrected chi connectivity index (χ3v) is 4.43. The van der Waals surface area contributed by atoms with Crippen molar-refractivity contribution in [3.63, 3.8) is 0 Å². The summed E-state index contributed by atoms with van der Waals surface area (Å²) in [5.74, 6) is 1.73. The maximum absolute atomic E-state index is 4.67. The predicted octanol–water partition coefficient (Wildman–Crippen LogP) is 1.77. The van der Waals surface area contributed by atoms with E-state index in [0.717, 1.165) is 51.6 Å². The van der Waals surface area contributed by atoms with Gasteiger partial charge in [0, 0.05) is 52.0 Å². The Morgan fingerprint density at radius 3 is 2.52 bits per heavy atom. The van der Waals surface area contributed by atoms with Crippen molar-refractivity contribution in [2.75, 3.05) is 63.6 Å². The van der Waals surface area contributed by atoms with Gasteiger partial charge >= 0.3 is 0 Å². The number of likely N-dealkylation sites (N-methyl/N-ethyl adjacent to an activating group) is 1. The van der Waals surface area contributed by atoms with E-state index in [1.165, 1.54) is 5.56 Å². The molecule has 0 saturated carbocycles. The molecule has 1 saturated heterocycles. The molecule has 1 fully saturated rings. The minimum atomic E-state index is 0.714. The number of anilines is 2. The molecule has 0 aliphatic carbocycles. The van der Waals surface area contributed by atoms with E-state index < -0.39 is 0 Å². The molecule has 2 aromatic rings. The molecule has 1 aromatic heterocycles. The Labute approximate surface area is 150 Å².